The minimum absolute atomic E-state index is 0.0159. The summed E-state index contributed by atoms with van der Waals surface area (Å²) in [6.45, 7) is 2.11. The van der Waals surface area contributed by atoms with Crippen LogP contribution in [0.15, 0.2) is 5.16 Å². The number of nitrogens with two attached hydrogens (primary N) is 1. The molecule has 1 aliphatic rings. The molecule has 0 aliphatic heterocycles. The summed E-state index contributed by atoms with van der Waals surface area (Å²) in [4.78, 5) is 10.6. The predicted octanol–water partition coefficient (Wildman–Crippen LogP) is 1.79. The van der Waals surface area contributed by atoms with E-state index in [0.717, 1.165) is 18.8 Å². The monoisotopic (exact) mass is 270 g/mol. The van der Waals surface area contributed by atoms with Crippen molar-refractivity contribution >= 4 is 23.7 Å². The quantitative estimate of drug-likeness (QED) is 0.733. The second-order valence-electron chi connectivity index (χ2n) is 4.63. The van der Waals surface area contributed by atoms with E-state index in [9.17, 15) is 4.79 Å². The van der Waals surface area contributed by atoms with E-state index in [4.69, 9.17) is 10.8 Å². The first kappa shape index (κ1) is 13.2. The molecular weight excluding hydrogens is 252 g/mol. The Balaban J connectivity index is 2.12. The molecule has 1 heterocycles. The molecule has 0 radical (unpaired) electrons. The third kappa shape index (κ3) is 3.16. The van der Waals surface area contributed by atoms with E-state index in [1.54, 1.807) is 0 Å². The number of anilines is 1. The van der Waals surface area contributed by atoms with Crippen molar-refractivity contribution in [3.8, 4) is 0 Å². The van der Waals surface area contributed by atoms with Crippen molar-refractivity contribution in [2.24, 2.45) is 5.92 Å². The third-order valence-corrected chi connectivity index (χ3v) is 4.08. The largest absolute Gasteiger partial charge is 0.481 e. The molecule has 0 spiro atoms. The Kier molecular flexibility index (Phi) is 4.11. The minimum atomic E-state index is -0.858. The number of carboxylic acid groups (broad SMARTS) is 1. The maximum Gasteiger partial charge on any atom is 0.313 e. The lowest BCUT2D eigenvalue weighted by Crippen LogP contribution is -2.14. The molecule has 100 valence electrons. The van der Waals surface area contributed by atoms with Crippen LogP contribution in [-0.2, 0) is 4.79 Å². The van der Waals surface area contributed by atoms with Gasteiger partial charge in [-0.1, -0.05) is 31.5 Å². The molecule has 1 saturated carbocycles. The third-order valence-electron chi connectivity index (χ3n) is 3.15. The predicted molar refractivity (Wildman–Crippen MR) is 69.5 cm³/mol. The molecule has 0 amide bonds. The van der Waals surface area contributed by atoms with Gasteiger partial charge in [-0.15, -0.1) is 10.2 Å². The number of carbonyl (C=O) groups is 1. The fourth-order valence-electron chi connectivity index (χ4n) is 2.05. The molecule has 6 nitrogen and oxygen atoms in total. The first-order valence-electron chi connectivity index (χ1n) is 6.16. The van der Waals surface area contributed by atoms with Gasteiger partial charge in [0.2, 0.25) is 5.95 Å². The highest BCUT2D eigenvalue weighted by Gasteiger charge is 2.28. The van der Waals surface area contributed by atoms with Gasteiger partial charge in [-0.3, -0.25) is 9.36 Å². The van der Waals surface area contributed by atoms with Crippen LogP contribution in [0.3, 0.4) is 0 Å². The zero-order valence-electron chi connectivity index (χ0n) is 10.4. The Bertz CT molecular complexity index is 431. The minimum Gasteiger partial charge on any atom is -0.481 e. The number of aliphatic carboxylic acids is 1. The lowest BCUT2D eigenvalue weighted by Gasteiger charge is -2.18. The number of hydrogen-bond donors (Lipinski definition) is 2. The van der Waals surface area contributed by atoms with Gasteiger partial charge in [0, 0.05) is 6.04 Å². The van der Waals surface area contributed by atoms with Gasteiger partial charge in [-0.05, 0) is 18.8 Å². The first-order chi connectivity index (χ1) is 8.61. The Hall–Kier alpha value is -1.24. The Morgan fingerprint density at radius 1 is 1.61 bits per heavy atom. The molecule has 0 saturated heterocycles. The van der Waals surface area contributed by atoms with E-state index in [-0.39, 0.29) is 11.8 Å². The SMILES string of the molecule is CCC(CC1CC1)n1c(N)nnc1SCC(=O)O. The second kappa shape index (κ2) is 5.60. The molecule has 1 atom stereocenters. The van der Waals surface area contributed by atoms with Crippen molar-refractivity contribution in [3.05, 3.63) is 0 Å². The van der Waals surface area contributed by atoms with Crippen molar-refractivity contribution in [1.82, 2.24) is 14.8 Å². The topological polar surface area (TPSA) is 94.0 Å². The lowest BCUT2D eigenvalue weighted by atomic mass is 10.1. The van der Waals surface area contributed by atoms with E-state index in [1.807, 2.05) is 4.57 Å². The van der Waals surface area contributed by atoms with Crippen LogP contribution in [0.4, 0.5) is 5.95 Å². The summed E-state index contributed by atoms with van der Waals surface area (Å²) in [7, 11) is 0. The summed E-state index contributed by atoms with van der Waals surface area (Å²) in [5.74, 6) is 0.297. The number of thioether (sulfide) groups is 1. The van der Waals surface area contributed by atoms with Gasteiger partial charge in [0.05, 0.1) is 5.75 Å². The Morgan fingerprint density at radius 3 is 2.89 bits per heavy atom. The van der Waals surface area contributed by atoms with Crippen molar-refractivity contribution in [2.75, 3.05) is 11.5 Å². The fraction of sp³-hybridized carbons (Fsp3) is 0.727. The molecule has 0 bridgehead atoms. The fourth-order valence-corrected chi connectivity index (χ4v) is 2.78. The van der Waals surface area contributed by atoms with Crippen LogP contribution in [-0.4, -0.2) is 31.6 Å². The molecule has 1 aromatic heterocycles. The maximum atomic E-state index is 10.6. The summed E-state index contributed by atoms with van der Waals surface area (Å²) in [6, 6.07) is 0.281. The highest BCUT2D eigenvalue weighted by Crippen LogP contribution is 2.39. The van der Waals surface area contributed by atoms with Crippen LogP contribution < -0.4 is 5.73 Å². The normalized spacial score (nSPS) is 16.7. The number of aromatic nitrogens is 3. The zero-order valence-corrected chi connectivity index (χ0v) is 11.2. The molecule has 0 aromatic carbocycles. The molecule has 1 fully saturated rings. The van der Waals surface area contributed by atoms with Crippen LogP contribution >= 0.6 is 11.8 Å². The van der Waals surface area contributed by atoms with Crippen LogP contribution in [0, 0.1) is 5.92 Å². The number of nitrogen functional groups attached to an aromatic ring is 1. The van der Waals surface area contributed by atoms with Gasteiger partial charge >= 0.3 is 5.97 Å². The van der Waals surface area contributed by atoms with Crippen LogP contribution in [0.2, 0.25) is 0 Å². The van der Waals surface area contributed by atoms with Crippen molar-refractivity contribution in [2.45, 2.75) is 43.8 Å². The smallest absolute Gasteiger partial charge is 0.313 e. The summed E-state index contributed by atoms with van der Waals surface area (Å²) < 4.78 is 1.89. The van der Waals surface area contributed by atoms with Gasteiger partial charge in [0.1, 0.15) is 0 Å². The Morgan fingerprint density at radius 2 is 2.33 bits per heavy atom. The van der Waals surface area contributed by atoms with Gasteiger partial charge in [0.25, 0.3) is 0 Å². The van der Waals surface area contributed by atoms with Gasteiger partial charge in [-0.25, -0.2) is 0 Å². The zero-order chi connectivity index (χ0) is 13.1. The average Bonchev–Trinajstić information content (AvgIpc) is 3.07. The highest BCUT2D eigenvalue weighted by atomic mass is 32.2. The van der Waals surface area contributed by atoms with Crippen LogP contribution in [0.5, 0.6) is 0 Å². The molecule has 1 aromatic rings. The second-order valence-corrected chi connectivity index (χ2v) is 5.58. The standard InChI is InChI=1S/C11H18N4O2S/c1-2-8(5-7-3-4-7)15-10(12)13-14-11(15)18-6-9(16)17/h7-8H,2-6H2,1H3,(H2,12,13)(H,16,17). The van der Waals surface area contributed by atoms with E-state index in [2.05, 4.69) is 17.1 Å². The number of carboxylic acids is 1. The van der Waals surface area contributed by atoms with E-state index in [0.29, 0.717) is 11.1 Å². The van der Waals surface area contributed by atoms with Gasteiger partial charge < -0.3 is 10.8 Å². The number of hydrogen-bond acceptors (Lipinski definition) is 5. The molecule has 3 N–H and O–H groups in total. The lowest BCUT2D eigenvalue weighted by molar-refractivity contribution is -0.133. The summed E-state index contributed by atoms with van der Waals surface area (Å²) in [5.41, 5.74) is 5.85. The van der Waals surface area contributed by atoms with E-state index in [1.165, 1.54) is 24.6 Å². The van der Waals surface area contributed by atoms with E-state index >= 15 is 0 Å². The number of rotatable bonds is 7. The first-order valence-corrected chi connectivity index (χ1v) is 7.15. The molecule has 18 heavy (non-hydrogen) atoms. The highest BCUT2D eigenvalue weighted by molar-refractivity contribution is 7.99. The van der Waals surface area contributed by atoms with Crippen molar-refractivity contribution in [3.63, 3.8) is 0 Å². The summed E-state index contributed by atoms with van der Waals surface area (Å²) in [5, 5.41) is 17.2. The molecule has 2 rings (SSSR count). The van der Waals surface area contributed by atoms with E-state index < -0.39 is 5.97 Å². The van der Waals surface area contributed by atoms with Gasteiger partial charge in [0.15, 0.2) is 5.16 Å². The van der Waals surface area contributed by atoms with Crippen molar-refractivity contribution < 1.29 is 9.90 Å². The maximum absolute atomic E-state index is 10.6. The van der Waals surface area contributed by atoms with Gasteiger partial charge in [-0.2, -0.15) is 0 Å². The van der Waals surface area contributed by atoms with Crippen molar-refractivity contribution in [1.29, 1.82) is 0 Å². The summed E-state index contributed by atoms with van der Waals surface area (Å²) in [6.07, 6.45) is 4.62. The summed E-state index contributed by atoms with van der Waals surface area (Å²) >= 11 is 1.18. The van der Waals surface area contributed by atoms with Crippen LogP contribution in [0.25, 0.3) is 0 Å². The Labute approximate surface area is 110 Å². The molecular formula is C11H18N4O2S. The molecule has 1 unspecified atom stereocenters. The van der Waals surface area contributed by atoms with Crippen LogP contribution in [0.1, 0.15) is 38.6 Å². The molecule has 1 aliphatic carbocycles. The molecule has 7 heteroatoms. The number of nitrogens with zero attached hydrogens (tertiary/aromatic N) is 3. The average molecular weight is 270 g/mol.